The van der Waals surface area contributed by atoms with Crippen molar-refractivity contribution in [3.8, 4) is 0 Å². The number of carbonyl (C=O) groups excluding carboxylic acids is 1. The number of hydrogen-bond donors (Lipinski definition) is 1. The molecular formula is C27H24N4O2. The first-order valence-corrected chi connectivity index (χ1v) is 11.0. The lowest BCUT2D eigenvalue weighted by Crippen LogP contribution is -2.18. The van der Waals surface area contributed by atoms with E-state index in [1.54, 1.807) is 12.3 Å². The molecule has 5 aromatic rings. The second-order valence-corrected chi connectivity index (χ2v) is 8.14. The topological polar surface area (TPSA) is 68.4 Å². The van der Waals surface area contributed by atoms with Crippen LogP contribution in [-0.2, 0) is 13.0 Å². The third-order valence-electron chi connectivity index (χ3n) is 5.93. The molecule has 164 valence electrons. The Hall–Kier alpha value is -4.19. The van der Waals surface area contributed by atoms with E-state index < -0.39 is 0 Å². The van der Waals surface area contributed by atoms with E-state index in [1.165, 1.54) is 9.96 Å². The number of anilines is 1. The van der Waals surface area contributed by atoms with Crippen molar-refractivity contribution in [2.75, 3.05) is 5.32 Å². The fourth-order valence-corrected chi connectivity index (χ4v) is 4.09. The van der Waals surface area contributed by atoms with Crippen molar-refractivity contribution in [1.29, 1.82) is 0 Å². The SMILES string of the molecule is CCc1ccc(NC(=O)c2cc3c(=O)n4cccc(C)c4nc3n2Cc2ccccc2)cc1. The second-order valence-electron chi connectivity index (χ2n) is 8.14. The molecule has 6 heteroatoms. The van der Waals surface area contributed by atoms with Crippen LogP contribution in [-0.4, -0.2) is 19.9 Å². The molecule has 2 aromatic carbocycles. The number of nitrogens with one attached hydrogen (secondary N) is 1. The summed E-state index contributed by atoms with van der Waals surface area (Å²) in [5.74, 6) is -0.279. The largest absolute Gasteiger partial charge is 0.321 e. The van der Waals surface area contributed by atoms with Gasteiger partial charge in [0.15, 0.2) is 0 Å². The van der Waals surface area contributed by atoms with Gasteiger partial charge in [0.1, 0.15) is 17.0 Å². The Morgan fingerprint density at radius 3 is 2.42 bits per heavy atom. The number of aryl methyl sites for hydroxylation is 2. The number of amides is 1. The molecule has 0 saturated carbocycles. The monoisotopic (exact) mass is 436 g/mol. The summed E-state index contributed by atoms with van der Waals surface area (Å²) < 4.78 is 3.37. The minimum absolute atomic E-state index is 0.188. The maximum Gasteiger partial charge on any atom is 0.272 e. The lowest BCUT2D eigenvalue weighted by Gasteiger charge is -2.12. The van der Waals surface area contributed by atoms with Gasteiger partial charge in [-0.15, -0.1) is 0 Å². The van der Waals surface area contributed by atoms with E-state index in [0.29, 0.717) is 34.6 Å². The molecule has 0 unspecified atom stereocenters. The van der Waals surface area contributed by atoms with Gasteiger partial charge in [-0.2, -0.15) is 0 Å². The predicted octanol–water partition coefficient (Wildman–Crippen LogP) is 4.82. The Morgan fingerprint density at radius 2 is 1.70 bits per heavy atom. The maximum absolute atomic E-state index is 13.4. The summed E-state index contributed by atoms with van der Waals surface area (Å²) in [6.45, 7) is 4.44. The van der Waals surface area contributed by atoms with Crippen LogP contribution in [0.2, 0.25) is 0 Å². The van der Waals surface area contributed by atoms with Gasteiger partial charge in [0, 0.05) is 18.4 Å². The second kappa shape index (κ2) is 8.39. The van der Waals surface area contributed by atoms with Gasteiger partial charge in [-0.25, -0.2) is 4.98 Å². The number of nitrogens with zero attached hydrogens (tertiary/aromatic N) is 3. The van der Waals surface area contributed by atoms with Crippen molar-refractivity contribution in [2.45, 2.75) is 26.8 Å². The van der Waals surface area contributed by atoms with Crippen molar-refractivity contribution in [1.82, 2.24) is 14.0 Å². The Balaban J connectivity index is 1.67. The Kier molecular flexibility index (Phi) is 5.26. The molecule has 6 nitrogen and oxygen atoms in total. The van der Waals surface area contributed by atoms with Gasteiger partial charge in [0.05, 0.1) is 5.39 Å². The Labute approximate surface area is 191 Å². The predicted molar refractivity (Wildman–Crippen MR) is 131 cm³/mol. The average molecular weight is 437 g/mol. The third kappa shape index (κ3) is 3.80. The summed E-state index contributed by atoms with van der Waals surface area (Å²) in [6, 6.07) is 23.0. The highest BCUT2D eigenvalue weighted by atomic mass is 16.2. The van der Waals surface area contributed by atoms with Gasteiger partial charge in [-0.3, -0.25) is 14.0 Å². The highest BCUT2D eigenvalue weighted by Crippen LogP contribution is 2.21. The first-order chi connectivity index (χ1) is 16.0. The van der Waals surface area contributed by atoms with Gasteiger partial charge in [0.25, 0.3) is 11.5 Å². The summed E-state index contributed by atoms with van der Waals surface area (Å²) in [6.07, 6.45) is 2.64. The van der Waals surface area contributed by atoms with E-state index in [-0.39, 0.29) is 11.5 Å². The van der Waals surface area contributed by atoms with Crippen LogP contribution in [0.25, 0.3) is 16.7 Å². The van der Waals surface area contributed by atoms with E-state index in [1.807, 2.05) is 78.2 Å². The smallest absolute Gasteiger partial charge is 0.272 e. The number of rotatable bonds is 5. The number of benzene rings is 2. The van der Waals surface area contributed by atoms with Crippen molar-refractivity contribution in [3.05, 3.63) is 112 Å². The van der Waals surface area contributed by atoms with Crippen LogP contribution >= 0.6 is 0 Å². The number of carbonyl (C=O) groups is 1. The highest BCUT2D eigenvalue weighted by Gasteiger charge is 2.20. The van der Waals surface area contributed by atoms with E-state index >= 15 is 0 Å². The molecular weight excluding hydrogens is 412 g/mol. The van der Waals surface area contributed by atoms with Crippen LogP contribution < -0.4 is 10.9 Å². The molecule has 0 spiro atoms. The molecule has 33 heavy (non-hydrogen) atoms. The van der Waals surface area contributed by atoms with Crippen LogP contribution in [0.3, 0.4) is 0 Å². The van der Waals surface area contributed by atoms with Gasteiger partial charge in [-0.1, -0.05) is 55.5 Å². The number of aromatic nitrogens is 3. The molecule has 0 saturated heterocycles. The third-order valence-corrected chi connectivity index (χ3v) is 5.93. The van der Waals surface area contributed by atoms with Crippen LogP contribution in [0.1, 0.15) is 34.1 Å². The minimum Gasteiger partial charge on any atom is -0.321 e. The molecule has 0 aliphatic carbocycles. The zero-order valence-electron chi connectivity index (χ0n) is 18.6. The zero-order valence-corrected chi connectivity index (χ0v) is 18.6. The van der Waals surface area contributed by atoms with Crippen LogP contribution in [0.4, 0.5) is 5.69 Å². The first kappa shape index (κ1) is 20.7. The number of fused-ring (bicyclic) bond motifs is 2. The minimum atomic E-state index is -0.279. The maximum atomic E-state index is 13.4. The molecule has 1 N–H and O–H groups in total. The molecule has 0 aliphatic rings. The highest BCUT2D eigenvalue weighted by molar-refractivity contribution is 6.06. The number of pyridine rings is 1. The quantitative estimate of drug-likeness (QED) is 0.429. The van der Waals surface area contributed by atoms with E-state index in [2.05, 4.69) is 12.2 Å². The summed E-state index contributed by atoms with van der Waals surface area (Å²) in [7, 11) is 0. The van der Waals surface area contributed by atoms with Gasteiger partial charge in [0.2, 0.25) is 0 Å². The molecule has 0 radical (unpaired) electrons. The van der Waals surface area contributed by atoms with Gasteiger partial charge >= 0.3 is 0 Å². The van der Waals surface area contributed by atoms with E-state index in [0.717, 1.165) is 17.5 Å². The molecule has 5 rings (SSSR count). The summed E-state index contributed by atoms with van der Waals surface area (Å²) in [5, 5.41) is 3.39. The lowest BCUT2D eigenvalue weighted by molar-refractivity contribution is 0.101. The van der Waals surface area contributed by atoms with Crippen LogP contribution in [0, 0.1) is 6.92 Å². The van der Waals surface area contributed by atoms with Crippen LogP contribution in [0.15, 0.2) is 83.8 Å². The van der Waals surface area contributed by atoms with E-state index in [4.69, 9.17) is 4.98 Å². The molecule has 0 atom stereocenters. The van der Waals surface area contributed by atoms with Crippen molar-refractivity contribution < 1.29 is 4.79 Å². The zero-order chi connectivity index (χ0) is 22.9. The Morgan fingerprint density at radius 1 is 0.939 bits per heavy atom. The van der Waals surface area contributed by atoms with Gasteiger partial charge in [-0.05, 0) is 54.3 Å². The summed E-state index contributed by atoms with van der Waals surface area (Å²) >= 11 is 0. The molecule has 0 aliphatic heterocycles. The number of hydrogen-bond acceptors (Lipinski definition) is 3. The standard InChI is InChI=1S/C27H24N4O2/c1-3-19-11-13-21(14-12-19)28-26(32)23-16-22-25(31(23)17-20-9-5-4-6-10-20)29-24-18(2)8-7-15-30(24)27(22)33/h4-16H,3,17H2,1-2H3,(H,28,32). The average Bonchev–Trinajstić information content (AvgIpc) is 3.20. The van der Waals surface area contributed by atoms with Gasteiger partial charge < -0.3 is 9.88 Å². The normalized spacial score (nSPS) is 11.2. The van der Waals surface area contributed by atoms with Crippen molar-refractivity contribution in [3.63, 3.8) is 0 Å². The lowest BCUT2D eigenvalue weighted by atomic mass is 10.1. The summed E-state index contributed by atoms with van der Waals surface area (Å²) in [4.78, 5) is 31.5. The molecule has 0 fully saturated rings. The fraction of sp³-hybridized carbons (Fsp3) is 0.148. The molecule has 3 aromatic heterocycles. The molecule has 3 heterocycles. The first-order valence-electron chi connectivity index (χ1n) is 11.0. The fourth-order valence-electron chi connectivity index (χ4n) is 4.09. The summed E-state index contributed by atoms with van der Waals surface area (Å²) in [5.41, 5.74) is 5.12. The molecule has 0 bridgehead atoms. The van der Waals surface area contributed by atoms with Crippen LogP contribution in [0.5, 0.6) is 0 Å². The molecule has 1 amide bonds. The van der Waals surface area contributed by atoms with Crippen molar-refractivity contribution >= 4 is 28.3 Å². The van der Waals surface area contributed by atoms with E-state index in [9.17, 15) is 9.59 Å². The Bertz CT molecular complexity index is 1530. The van der Waals surface area contributed by atoms with Crippen molar-refractivity contribution in [2.24, 2.45) is 0 Å².